The zero-order valence-corrected chi connectivity index (χ0v) is 22.0. The standard InChI is InChI=1S/C27H33N7OS/c1-18(2)36-24-8-6-5-7-21(24)29-26-25-22(11-12-28-25)31-27(32-26)30-20-10-9-19(17-23(20)35-4)34-15-13-33(3)14-16-34/h5-12,17-18,28H,13-16H2,1-4H3,(H2,29,30,31,32). The molecule has 188 valence electrons. The van der Waals surface area contributed by atoms with Crippen molar-refractivity contribution in [2.45, 2.75) is 24.0 Å². The molecular formula is C27H33N7OS. The molecule has 2 aromatic heterocycles. The first-order valence-electron chi connectivity index (χ1n) is 12.3. The number of nitrogens with one attached hydrogen (secondary N) is 3. The van der Waals surface area contributed by atoms with Gasteiger partial charge in [0.25, 0.3) is 0 Å². The van der Waals surface area contributed by atoms with Crippen LogP contribution in [0.3, 0.4) is 0 Å². The van der Waals surface area contributed by atoms with Crippen LogP contribution in [-0.4, -0.2) is 65.4 Å². The largest absolute Gasteiger partial charge is 0.494 e. The average molecular weight is 504 g/mol. The molecule has 0 radical (unpaired) electrons. The maximum Gasteiger partial charge on any atom is 0.229 e. The van der Waals surface area contributed by atoms with Gasteiger partial charge in [-0.05, 0) is 37.4 Å². The number of H-pyrrole nitrogens is 1. The summed E-state index contributed by atoms with van der Waals surface area (Å²) in [6.45, 7) is 8.51. The van der Waals surface area contributed by atoms with E-state index in [1.54, 1.807) is 7.11 Å². The molecule has 1 fully saturated rings. The molecule has 0 atom stereocenters. The molecule has 5 rings (SSSR count). The van der Waals surface area contributed by atoms with Crippen LogP contribution in [0.1, 0.15) is 13.8 Å². The third kappa shape index (κ3) is 5.37. The molecule has 36 heavy (non-hydrogen) atoms. The van der Waals surface area contributed by atoms with E-state index in [9.17, 15) is 0 Å². The van der Waals surface area contributed by atoms with Crippen molar-refractivity contribution in [3.05, 3.63) is 54.7 Å². The van der Waals surface area contributed by atoms with Crippen LogP contribution in [0.25, 0.3) is 11.0 Å². The summed E-state index contributed by atoms with van der Waals surface area (Å²) in [6.07, 6.45) is 1.88. The van der Waals surface area contributed by atoms with E-state index in [-0.39, 0.29) is 0 Å². The number of methoxy groups -OCH3 is 1. The average Bonchev–Trinajstić information content (AvgIpc) is 3.35. The number of aromatic amines is 1. The highest BCUT2D eigenvalue weighted by atomic mass is 32.2. The third-order valence-corrected chi connectivity index (χ3v) is 7.29. The molecule has 4 aromatic rings. The molecule has 1 aliphatic heterocycles. The molecule has 8 nitrogen and oxygen atoms in total. The molecule has 9 heteroatoms. The number of hydrogen-bond donors (Lipinski definition) is 3. The van der Waals surface area contributed by atoms with E-state index in [0.29, 0.717) is 11.2 Å². The molecule has 3 heterocycles. The Bertz CT molecular complexity index is 1330. The highest BCUT2D eigenvalue weighted by Gasteiger charge is 2.17. The number of nitrogens with zero attached hydrogens (tertiary/aromatic N) is 4. The number of anilines is 5. The number of aromatic nitrogens is 3. The molecule has 0 bridgehead atoms. The van der Waals surface area contributed by atoms with Gasteiger partial charge in [-0.15, -0.1) is 11.8 Å². The van der Waals surface area contributed by atoms with Crippen molar-refractivity contribution < 1.29 is 4.74 Å². The van der Waals surface area contributed by atoms with Crippen molar-refractivity contribution in [2.24, 2.45) is 0 Å². The van der Waals surface area contributed by atoms with Crippen molar-refractivity contribution in [2.75, 3.05) is 55.9 Å². The normalized spacial score (nSPS) is 14.4. The molecular weight excluding hydrogens is 470 g/mol. The maximum atomic E-state index is 5.74. The Kier molecular flexibility index (Phi) is 7.20. The fraction of sp³-hybridized carbons (Fsp3) is 0.333. The number of rotatable bonds is 8. The van der Waals surface area contributed by atoms with Crippen LogP contribution in [-0.2, 0) is 0 Å². The Morgan fingerprint density at radius 1 is 0.972 bits per heavy atom. The topological polar surface area (TPSA) is 81.3 Å². The Labute approximate surface area is 216 Å². The summed E-state index contributed by atoms with van der Waals surface area (Å²) < 4.78 is 5.74. The van der Waals surface area contributed by atoms with Gasteiger partial charge in [-0.1, -0.05) is 26.0 Å². The SMILES string of the molecule is COc1cc(N2CCN(C)CC2)ccc1Nc1nc(Nc2ccccc2SC(C)C)c2[nH]ccc2n1. The fourth-order valence-corrected chi connectivity index (χ4v) is 5.22. The number of likely N-dealkylation sites (N-methyl/N-ethyl adjacent to an activating group) is 1. The second-order valence-corrected chi connectivity index (χ2v) is 10.8. The molecule has 0 amide bonds. The minimum atomic E-state index is 0.474. The van der Waals surface area contributed by atoms with Gasteiger partial charge in [-0.25, -0.2) is 4.98 Å². The van der Waals surface area contributed by atoms with Crippen LogP contribution < -0.4 is 20.3 Å². The minimum Gasteiger partial charge on any atom is -0.494 e. The minimum absolute atomic E-state index is 0.474. The van der Waals surface area contributed by atoms with E-state index in [1.807, 2.05) is 36.2 Å². The number of ether oxygens (including phenoxy) is 1. The predicted octanol–water partition coefficient (Wildman–Crippen LogP) is 5.71. The van der Waals surface area contributed by atoms with Crippen molar-refractivity contribution in [1.29, 1.82) is 0 Å². The lowest BCUT2D eigenvalue weighted by atomic mass is 10.2. The van der Waals surface area contributed by atoms with Crippen molar-refractivity contribution in [3.8, 4) is 5.75 Å². The summed E-state index contributed by atoms with van der Waals surface area (Å²) >= 11 is 1.82. The molecule has 3 N–H and O–H groups in total. The molecule has 2 aromatic carbocycles. The zero-order valence-electron chi connectivity index (χ0n) is 21.2. The first-order chi connectivity index (χ1) is 17.5. The van der Waals surface area contributed by atoms with E-state index in [2.05, 4.69) is 76.6 Å². The number of fused-ring (bicyclic) bond motifs is 1. The highest BCUT2D eigenvalue weighted by molar-refractivity contribution is 8.00. The molecule has 1 saturated heterocycles. The summed E-state index contributed by atoms with van der Waals surface area (Å²) in [5, 5.41) is 7.39. The second kappa shape index (κ2) is 10.7. The van der Waals surface area contributed by atoms with Gasteiger partial charge in [0.15, 0.2) is 5.82 Å². The van der Waals surface area contributed by atoms with E-state index in [4.69, 9.17) is 14.7 Å². The van der Waals surface area contributed by atoms with Crippen molar-refractivity contribution in [3.63, 3.8) is 0 Å². The smallest absolute Gasteiger partial charge is 0.229 e. The van der Waals surface area contributed by atoms with Crippen LogP contribution in [0.4, 0.5) is 28.8 Å². The van der Waals surface area contributed by atoms with Crippen LogP contribution in [0.15, 0.2) is 59.6 Å². The van der Waals surface area contributed by atoms with E-state index in [1.165, 1.54) is 4.90 Å². The van der Waals surface area contributed by atoms with Crippen molar-refractivity contribution >= 4 is 51.6 Å². The van der Waals surface area contributed by atoms with Gasteiger partial charge in [0.1, 0.15) is 11.3 Å². The van der Waals surface area contributed by atoms with E-state index >= 15 is 0 Å². The van der Waals surface area contributed by atoms with Gasteiger partial charge in [0.2, 0.25) is 5.95 Å². The Balaban J connectivity index is 1.43. The Morgan fingerprint density at radius 2 is 1.78 bits per heavy atom. The summed E-state index contributed by atoms with van der Waals surface area (Å²) in [7, 11) is 3.86. The molecule has 0 spiro atoms. The third-order valence-electron chi connectivity index (χ3n) is 6.21. The maximum absolute atomic E-state index is 5.74. The van der Waals surface area contributed by atoms with Crippen LogP contribution in [0.5, 0.6) is 5.75 Å². The first-order valence-corrected chi connectivity index (χ1v) is 13.1. The monoisotopic (exact) mass is 503 g/mol. The van der Waals surface area contributed by atoms with Gasteiger partial charge in [-0.3, -0.25) is 0 Å². The summed E-state index contributed by atoms with van der Waals surface area (Å²) in [5.74, 6) is 1.99. The van der Waals surface area contributed by atoms with Crippen LogP contribution >= 0.6 is 11.8 Å². The van der Waals surface area contributed by atoms with Gasteiger partial charge in [-0.2, -0.15) is 4.98 Å². The van der Waals surface area contributed by atoms with Crippen LogP contribution in [0, 0.1) is 0 Å². The number of hydrogen-bond acceptors (Lipinski definition) is 8. The molecule has 1 aliphatic rings. The first kappa shape index (κ1) is 24.3. The molecule has 0 unspecified atom stereocenters. The van der Waals surface area contributed by atoms with E-state index in [0.717, 1.165) is 65.8 Å². The van der Waals surface area contributed by atoms with Crippen molar-refractivity contribution in [1.82, 2.24) is 19.9 Å². The lowest BCUT2D eigenvalue weighted by Gasteiger charge is -2.34. The highest BCUT2D eigenvalue weighted by Crippen LogP contribution is 2.35. The van der Waals surface area contributed by atoms with E-state index < -0.39 is 0 Å². The number of thioether (sulfide) groups is 1. The van der Waals surface area contributed by atoms with Gasteiger partial charge in [0, 0.05) is 54.3 Å². The summed E-state index contributed by atoms with van der Waals surface area (Å²) in [5.41, 5.74) is 4.70. The number of benzene rings is 2. The lowest BCUT2D eigenvalue weighted by molar-refractivity contribution is 0.312. The quantitative estimate of drug-likeness (QED) is 0.264. The fourth-order valence-electron chi connectivity index (χ4n) is 4.31. The Morgan fingerprint density at radius 3 is 2.56 bits per heavy atom. The van der Waals surface area contributed by atoms with Gasteiger partial charge in [0.05, 0.1) is 24.0 Å². The molecule has 0 aliphatic carbocycles. The predicted molar refractivity (Wildman–Crippen MR) is 151 cm³/mol. The second-order valence-electron chi connectivity index (χ2n) is 9.22. The molecule has 0 saturated carbocycles. The van der Waals surface area contributed by atoms with Gasteiger partial charge >= 0.3 is 0 Å². The van der Waals surface area contributed by atoms with Gasteiger partial charge < -0.3 is 30.2 Å². The number of piperazine rings is 1. The zero-order chi connectivity index (χ0) is 25.1. The lowest BCUT2D eigenvalue weighted by Crippen LogP contribution is -2.44. The van der Waals surface area contributed by atoms with Crippen LogP contribution in [0.2, 0.25) is 0 Å². The summed E-state index contributed by atoms with van der Waals surface area (Å²) in [6, 6.07) is 16.5. The Hall–Kier alpha value is -3.43. The number of para-hydroxylation sites is 1. The summed E-state index contributed by atoms with van der Waals surface area (Å²) in [4.78, 5) is 18.8.